The number of nitrogens with zero attached hydrogens (tertiary/aromatic N) is 3. The number of aromatic nitrogens is 2. The van der Waals surface area contributed by atoms with Crippen LogP contribution < -0.4 is 10.2 Å². The van der Waals surface area contributed by atoms with Crippen LogP contribution in [0.15, 0.2) is 6.07 Å². The zero-order chi connectivity index (χ0) is 14.3. The van der Waals surface area contributed by atoms with Crippen molar-refractivity contribution in [3.8, 4) is 0 Å². The summed E-state index contributed by atoms with van der Waals surface area (Å²) in [6.45, 7) is 9.03. The van der Waals surface area contributed by atoms with Crippen molar-refractivity contribution in [3.63, 3.8) is 0 Å². The van der Waals surface area contributed by atoms with E-state index in [0.717, 1.165) is 47.9 Å². The Morgan fingerprint density at radius 2 is 2.00 bits per heavy atom. The van der Waals surface area contributed by atoms with Gasteiger partial charge in [-0.15, -0.1) is 11.3 Å². The Bertz CT molecular complexity index is 612. The average molecular weight is 290 g/mol. The lowest BCUT2D eigenvalue weighted by Crippen LogP contribution is -2.21. The van der Waals surface area contributed by atoms with E-state index in [0.29, 0.717) is 0 Å². The SMILES string of the molecule is CCc1cc2c(N3CC(C)C(C)C3)nc(NC)nc2s1. The molecule has 2 aromatic rings. The van der Waals surface area contributed by atoms with Gasteiger partial charge in [0, 0.05) is 25.0 Å². The van der Waals surface area contributed by atoms with E-state index in [2.05, 4.69) is 42.0 Å². The van der Waals surface area contributed by atoms with Crippen LogP contribution in [0.3, 0.4) is 0 Å². The van der Waals surface area contributed by atoms with Gasteiger partial charge in [0.25, 0.3) is 0 Å². The van der Waals surface area contributed by atoms with E-state index in [1.165, 1.54) is 10.3 Å². The number of hydrogen-bond donors (Lipinski definition) is 1. The molecule has 0 aromatic carbocycles. The van der Waals surface area contributed by atoms with Gasteiger partial charge in [-0.1, -0.05) is 20.8 Å². The molecule has 0 saturated carbocycles. The molecule has 2 unspecified atom stereocenters. The molecule has 3 rings (SSSR count). The van der Waals surface area contributed by atoms with Gasteiger partial charge >= 0.3 is 0 Å². The van der Waals surface area contributed by atoms with Crippen LogP contribution in [0.4, 0.5) is 11.8 Å². The zero-order valence-electron chi connectivity index (χ0n) is 12.6. The molecule has 0 radical (unpaired) electrons. The van der Waals surface area contributed by atoms with Crippen molar-refractivity contribution in [1.29, 1.82) is 0 Å². The molecular weight excluding hydrogens is 268 g/mol. The number of anilines is 2. The van der Waals surface area contributed by atoms with Crippen molar-refractivity contribution < 1.29 is 0 Å². The van der Waals surface area contributed by atoms with E-state index in [1.807, 2.05) is 7.05 Å². The first-order chi connectivity index (χ1) is 9.62. The molecule has 2 aromatic heterocycles. The molecule has 1 aliphatic heterocycles. The molecule has 2 atom stereocenters. The molecule has 5 heteroatoms. The first kappa shape index (κ1) is 13.6. The molecule has 0 bridgehead atoms. The maximum Gasteiger partial charge on any atom is 0.225 e. The van der Waals surface area contributed by atoms with Crippen LogP contribution >= 0.6 is 11.3 Å². The fourth-order valence-corrected chi connectivity index (χ4v) is 3.75. The maximum atomic E-state index is 4.73. The standard InChI is InChI=1S/C15H22N4S/c1-5-11-6-12-13(19-7-9(2)10(3)8-19)17-15(16-4)18-14(12)20-11/h6,9-10H,5,7-8H2,1-4H3,(H,16,17,18). The lowest BCUT2D eigenvalue weighted by molar-refractivity contribution is 0.494. The predicted octanol–water partition coefficient (Wildman–Crippen LogP) is 3.39. The van der Waals surface area contributed by atoms with Crippen LogP contribution in [0, 0.1) is 11.8 Å². The Balaban J connectivity index is 2.10. The lowest BCUT2D eigenvalue weighted by atomic mass is 10.0. The average Bonchev–Trinajstić information content (AvgIpc) is 3.01. The highest BCUT2D eigenvalue weighted by Gasteiger charge is 2.28. The minimum absolute atomic E-state index is 0.724. The fraction of sp³-hybridized carbons (Fsp3) is 0.600. The number of aryl methyl sites for hydroxylation is 1. The van der Waals surface area contributed by atoms with Crippen molar-refractivity contribution in [2.75, 3.05) is 30.4 Å². The van der Waals surface area contributed by atoms with E-state index >= 15 is 0 Å². The van der Waals surface area contributed by atoms with Gasteiger partial charge in [0.15, 0.2) is 0 Å². The molecule has 1 N–H and O–H groups in total. The summed E-state index contributed by atoms with van der Waals surface area (Å²) in [6.07, 6.45) is 1.06. The topological polar surface area (TPSA) is 41.1 Å². The minimum Gasteiger partial charge on any atom is -0.357 e. The molecule has 1 fully saturated rings. The summed E-state index contributed by atoms with van der Waals surface area (Å²) in [6, 6.07) is 2.27. The molecule has 1 aliphatic rings. The Morgan fingerprint density at radius 3 is 2.60 bits per heavy atom. The maximum absolute atomic E-state index is 4.73. The first-order valence-corrected chi connectivity index (χ1v) is 8.17. The Hall–Kier alpha value is -1.36. The summed E-state index contributed by atoms with van der Waals surface area (Å²) < 4.78 is 0. The molecule has 3 heterocycles. The number of hydrogen-bond acceptors (Lipinski definition) is 5. The third-order valence-electron chi connectivity index (χ3n) is 4.28. The van der Waals surface area contributed by atoms with Crippen molar-refractivity contribution in [2.45, 2.75) is 27.2 Å². The van der Waals surface area contributed by atoms with Gasteiger partial charge in [-0.25, -0.2) is 4.98 Å². The van der Waals surface area contributed by atoms with E-state index in [-0.39, 0.29) is 0 Å². The second-order valence-corrected chi connectivity index (χ2v) is 6.88. The van der Waals surface area contributed by atoms with E-state index in [4.69, 9.17) is 4.98 Å². The molecule has 108 valence electrons. The zero-order valence-corrected chi connectivity index (χ0v) is 13.4. The van der Waals surface area contributed by atoms with Gasteiger partial charge in [-0.2, -0.15) is 4.98 Å². The van der Waals surface area contributed by atoms with Crippen molar-refractivity contribution in [3.05, 3.63) is 10.9 Å². The highest BCUT2D eigenvalue weighted by Crippen LogP contribution is 2.35. The second-order valence-electron chi connectivity index (χ2n) is 5.77. The molecule has 0 spiro atoms. The van der Waals surface area contributed by atoms with Gasteiger partial charge in [-0.05, 0) is 24.3 Å². The monoisotopic (exact) mass is 290 g/mol. The largest absolute Gasteiger partial charge is 0.357 e. The Morgan fingerprint density at radius 1 is 1.30 bits per heavy atom. The summed E-state index contributed by atoms with van der Waals surface area (Å²) in [4.78, 5) is 14.2. The van der Waals surface area contributed by atoms with Crippen LogP contribution in [0.2, 0.25) is 0 Å². The minimum atomic E-state index is 0.724. The molecule has 0 aliphatic carbocycles. The van der Waals surface area contributed by atoms with Gasteiger partial charge in [0.05, 0.1) is 5.39 Å². The van der Waals surface area contributed by atoms with Crippen LogP contribution in [-0.2, 0) is 6.42 Å². The summed E-state index contributed by atoms with van der Waals surface area (Å²) in [7, 11) is 1.88. The predicted molar refractivity (Wildman–Crippen MR) is 86.9 cm³/mol. The van der Waals surface area contributed by atoms with Gasteiger partial charge < -0.3 is 10.2 Å². The second kappa shape index (κ2) is 5.20. The van der Waals surface area contributed by atoms with Crippen molar-refractivity contribution in [2.24, 2.45) is 11.8 Å². The quantitative estimate of drug-likeness (QED) is 0.941. The van der Waals surface area contributed by atoms with Crippen LogP contribution in [-0.4, -0.2) is 30.1 Å². The summed E-state index contributed by atoms with van der Waals surface area (Å²) >= 11 is 1.78. The normalized spacial score (nSPS) is 22.7. The highest BCUT2D eigenvalue weighted by atomic mass is 32.1. The Labute approximate surface area is 124 Å². The third-order valence-corrected chi connectivity index (χ3v) is 5.46. The third kappa shape index (κ3) is 2.24. The summed E-state index contributed by atoms with van der Waals surface area (Å²) in [5, 5.41) is 4.31. The highest BCUT2D eigenvalue weighted by molar-refractivity contribution is 7.18. The molecule has 0 amide bonds. The Kier molecular flexibility index (Phi) is 3.54. The van der Waals surface area contributed by atoms with Crippen molar-refractivity contribution in [1.82, 2.24) is 9.97 Å². The first-order valence-electron chi connectivity index (χ1n) is 7.35. The number of thiophene rings is 1. The number of fused-ring (bicyclic) bond motifs is 1. The molecule has 1 saturated heterocycles. The smallest absolute Gasteiger partial charge is 0.225 e. The molecular formula is C15H22N4S. The summed E-state index contributed by atoms with van der Waals surface area (Å²) in [5.41, 5.74) is 0. The van der Waals surface area contributed by atoms with Crippen molar-refractivity contribution >= 4 is 33.3 Å². The lowest BCUT2D eigenvalue weighted by Gasteiger charge is -2.18. The molecule has 20 heavy (non-hydrogen) atoms. The summed E-state index contributed by atoms with van der Waals surface area (Å²) in [5.74, 6) is 3.28. The van der Waals surface area contributed by atoms with Crippen LogP contribution in [0.25, 0.3) is 10.2 Å². The van der Waals surface area contributed by atoms with Crippen LogP contribution in [0.1, 0.15) is 25.6 Å². The van der Waals surface area contributed by atoms with E-state index < -0.39 is 0 Å². The van der Waals surface area contributed by atoms with Gasteiger partial charge in [0.2, 0.25) is 5.95 Å². The van der Waals surface area contributed by atoms with E-state index in [1.54, 1.807) is 11.3 Å². The van der Waals surface area contributed by atoms with Crippen LogP contribution in [0.5, 0.6) is 0 Å². The molecule has 4 nitrogen and oxygen atoms in total. The van der Waals surface area contributed by atoms with Gasteiger partial charge in [0.1, 0.15) is 10.6 Å². The number of rotatable bonds is 3. The fourth-order valence-electron chi connectivity index (χ4n) is 2.79. The van der Waals surface area contributed by atoms with Gasteiger partial charge in [-0.3, -0.25) is 0 Å². The van der Waals surface area contributed by atoms with E-state index in [9.17, 15) is 0 Å². The number of nitrogens with one attached hydrogen (secondary N) is 1.